The Morgan fingerprint density at radius 2 is 2.00 bits per heavy atom. The number of nitrogens with one attached hydrogen (secondary N) is 3. The van der Waals surface area contributed by atoms with Crippen molar-refractivity contribution in [2.75, 3.05) is 18.4 Å². The topological polar surface area (TPSA) is 75.3 Å². The van der Waals surface area contributed by atoms with Crippen LogP contribution < -0.4 is 16.0 Å². The summed E-state index contributed by atoms with van der Waals surface area (Å²) in [5.74, 6) is 0.0231. The Balaban J connectivity index is 2.19. The number of nitrogens with zero attached hydrogens (tertiary/aromatic N) is 1. The molecule has 0 fully saturated rings. The van der Waals surface area contributed by atoms with E-state index in [2.05, 4.69) is 20.9 Å². The third kappa shape index (κ3) is 8.03. The maximum Gasteiger partial charge on any atom is 0.407 e. The molecule has 0 aliphatic heterocycles. The summed E-state index contributed by atoms with van der Waals surface area (Å²) in [4.78, 5) is 15.2. The second-order valence-electron chi connectivity index (χ2n) is 5.17. The van der Waals surface area contributed by atoms with Crippen molar-refractivity contribution in [1.29, 1.82) is 0 Å². The number of anilines is 1. The molecule has 0 atom stereocenters. The van der Waals surface area contributed by atoms with Crippen LogP contribution in [-0.2, 0) is 4.74 Å². The zero-order valence-electron chi connectivity index (χ0n) is 12.2. The molecule has 0 radical (unpaired) electrons. The van der Waals surface area contributed by atoms with Gasteiger partial charge in [-0.25, -0.2) is 14.2 Å². The third-order valence-electron chi connectivity index (χ3n) is 2.05. The van der Waals surface area contributed by atoms with E-state index in [9.17, 15) is 9.18 Å². The molecule has 3 N–H and O–H groups in total. The maximum atomic E-state index is 12.7. The van der Waals surface area contributed by atoms with Crippen LogP contribution >= 0.6 is 12.2 Å². The van der Waals surface area contributed by atoms with Crippen molar-refractivity contribution in [1.82, 2.24) is 15.6 Å². The first kappa shape index (κ1) is 17.1. The number of hydrogen-bond donors (Lipinski definition) is 3. The van der Waals surface area contributed by atoms with Gasteiger partial charge in [0.15, 0.2) is 5.11 Å². The minimum absolute atomic E-state index is 0.333. The molecule has 1 aromatic rings. The average molecular weight is 314 g/mol. The van der Waals surface area contributed by atoms with Crippen LogP contribution in [0.3, 0.4) is 0 Å². The van der Waals surface area contributed by atoms with Gasteiger partial charge in [-0.1, -0.05) is 0 Å². The van der Waals surface area contributed by atoms with Gasteiger partial charge in [-0.05, 0) is 45.1 Å². The molecule has 1 heterocycles. The molecule has 1 aromatic heterocycles. The van der Waals surface area contributed by atoms with E-state index in [1.807, 2.05) is 0 Å². The van der Waals surface area contributed by atoms with Crippen LogP contribution in [0, 0.1) is 5.82 Å². The number of alkyl carbamates (subject to hydrolysis) is 1. The van der Waals surface area contributed by atoms with Crippen molar-refractivity contribution in [2.24, 2.45) is 0 Å². The lowest BCUT2D eigenvalue weighted by Gasteiger charge is -2.19. The predicted molar refractivity (Wildman–Crippen MR) is 82.7 cm³/mol. The summed E-state index contributed by atoms with van der Waals surface area (Å²) < 4.78 is 17.8. The highest BCUT2D eigenvalue weighted by molar-refractivity contribution is 7.80. The van der Waals surface area contributed by atoms with Crippen LogP contribution in [0.2, 0.25) is 0 Å². The van der Waals surface area contributed by atoms with Gasteiger partial charge in [-0.2, -0.15) is 0 Å². The van der Waals surface area contributed by atoms with Gasteiger partial charge in [0.05, 0.1) is 6.20 Å². The minimum Gasteiger partial charge on any atom is -0.444 e. The smallest absolute Gasteiger partial charge is 0.407 e. The molecule has 0 aromatic carbocycles. The summed E-state index contributed by atoms with van der Waals surface area (Å²) in [5.41, 5.74) is -0.525. The molecule has 0 saturated heterocycles. The summed E-state index contributed by atoms with van der Waals surface area (Å²) in [6, 6.07) is 2.75. The zero-order chi connectivity index (χ0) is 15.9. The summed E-state index contributed by atoms with van der Waals surface area (Å²) in [7, 11) is 0. The van der Waals surface area contributed by atoms with Crippen LogP contribution in [0.15, 0.2) is 18.3 Å². The van der Waals surface area contributed by atoms with Crippen LogP contribution in [0.5, 0.6) is 0 Å². The van der Waals surface area contributed by atoms with Gasteiger partial charge in [0.2, 0.25) is 0 Å². The lowest BCUT2D eigenvalue weighted by molar-refractivity contribution is 0.0529. The van der Waals surface area contributed by atoms with Crippen molar-refractivity contribution >= 4 is 29.2 Å². The summed E-state index contributed by atoms with van der Waals surface area (Å²) in [5, 5.41) is 8.60. The number of thiocarbonyl (C=S) groups is 1. The molecular formula is C13H19FN4O2S. The van der Waals surface area contributed by atoms with Gasteiger partial charge < -0.3 is 20.7 Å². The molecule has 8 heteroatoms. The van der Waals surface area contributed by atoms with Crippen LogP contribution in [0.1, 0.15) is 20.8 Å². The van der Waals surface area contributed by atoms with Gasteiger partial charge in [0.25, 0.3) is 0 Å². The highest BCUT2D eigenvalue weighted by atomic mass is 32.1. The first-order valence-corrected chi connectivity index (χ1v) is 6.80. The van der Waals surface area contributed by atoms with E-state index in [0.29, 0.717) is 24.0 Å². The number of aromatic nitrogens is 1. The highest BCUT2D eigenvalue weighted by Gasteiger charge is 2.15. The quantitative estimate of drug-likeness (QED) is 0.583. The monoisotopic (exact) mass is 314 g/mol. The molecule has 21 heavy (non-hydrogen) atoms. The number of ether oxygens (including phenoxy) is 1. The van der Waals surface area contributed by atoms with Crippen molar-refractivity contribution in [3.05, 3.63) is 24.1 Å². The number of carbonyl (C=O) groups excluding carboxylic acids is 1. The summed E-state index contributed by atoms with van der Waals surface area (Å²) in [6.45, 7) is 6.15. The molecule has 1 amide bonds. The Morgan fingerprint density at radius 3 is 2.57 bits per heavy atom. The van der Waals surface area contributed by atoms with Crippen molar-refractivity contribution < 1.29 is 13.9 Å². The molecule has 0 unspecified atom stereocenters. The van der Waals surface area contributed by atoms with Gasteiger partial charge >= 0.3 is 6.09 Å². The second-order valence-corrected chi connectivity index (χ2v) is 5.58. The largest absolute Gasteiger partial charge is 0.444 e. The van der Waals surface area contributed by atoms with Crippen LogP contribution in [0.4, 0.5) is 15.0 Å². The van der Waals surface area contributed by atoms with Crippen LogP contribution in [-0.4, -0.2) is 34.9 Å². The van der Waals surface area contributed by atoms with E-state index < -0.39 is 17.5 Å². The van der Waals surface area contributed by atoms with E-state index in [-0.39, 0.29) is 0 Å². The summed E-state index contributed by atoms with van der Waals surface area (Å²) in [6.07, 6.45) is 0.609. The predicted octanol–water partition coefficient (Wildman–Crippen LogP) is 2.03. The number of pyridine rings is 1. The molecule has 0 spiro atoms. The number of rotatable bonds is 4. The van der Waals surface area contributed by atoms with Gasteiger partial charge in [0, 0.05) is 13.1 Å². The van der Waals surface area contributed by atoms with E-state index in [1.54, 1.807) is 20.8 Å². The van der Waals surface area contributed by atoms with Crippen molar-refractivity contribution in [3.63, 3.8) is 0 Å². The second kappa shape index (κ2) is 7.72. The molecule has 116 valence electrons. The van der Waals surface area contributed by atoms with Crippen molar-refractivity contribution in [3.8, 4) is 0 Å². The lowest BCUT2D eigenvalue weighted by atomic mass is 10.2. The Hall–Kier alpha value is -1.96. The fourth-order valence-electron chi connectivity index (χ4n) is 1.27. The molecule has 0 aliphatic rings. The SMILES string of the molecule is CC(C)(C)OC(=O)NCCNC(=S)Nc1ccc(F)cn1. The summed E-state index contributed by atoms with van der Waals surface area (Å²) >= 11 is 5.04. The van der Waals surface area contributed by atoms with Crippen molar-refractivity contribution in [2.45, 2.75) is 26.4 Å². The van der Waals surface area contributed by atoms with Crippen LogP contribution in [0.25, 0.3) is 0 Å². The number of carbonyl (C=O) groups is 1. The first-order chi connectivity index (χ1) is 9.76. The molecule has 0 aliphatic carbocycles. The average Bonchev–Trinajstić information content (AvgIpc) is 2.35. The lowest BCUT2D eigenvalue weighted by Crippen LogP contribution is -2.39. The Labute approximate surface area is 128 Å². The Kier molecular flexibility index (Phi) is 6.29. The molecule has 0 bridgehead atoms. The zero-order valence-corrected chi connectivity index (χ0v) is 13.0. The number of halogens is 1. The van der Waals surface area contributed by atoms with E-state index >= 15 is 0 Å². The van der Waals surface area contributed by atoms with Gasteiger partial charge in [-0.15, -0.1) is 0 Å². The Morgan fingerprint density at radius 1 is 1.33 bits per heavy atom. The van der Waals surface area contributed by atoms with Gasteiger partial charge in [-0.3, -0.25) is 0 Å². The molecule has 1 rings (SSSR count). The molecule has 0 saturated carbocycles. The minimum atomic E-state index is -0.525. The van der Waals surface area contributed by atoms with Gasteiger partial charge in [0.1, 0.15) is 17.2 Å². The fourth-order valence-corrected chi connectivity index (χ4v) is 1.47. The maximum absolute atomic E-state index is 12.7. The number of hydrogen-bond acceptors (Lipinski definition) is 4. The normalized spacial score (nSPS) is 10.7. The standard InChI is InChI=1S/C13H19FN4O2S/c1-13(2,3)20-12(19)16-7-6-15-11(21)18-10-5-4-9(14)8-17-10/h4-5,8H,6-7H2,1-3H3,(H,16,19)(H2,15,17,18,21). The number of amides is 1. The third-order valence-corrected chi connectivity index (χ3v) is 2.29. The highest BCUT2D eigenvalue weighted by Crippen LogP contribution is 2.06. The molecular weight excluding hydrogens is 295 g/mol. The van der Waals surface area contributed by atoms with E-state index in [4.69, 9.17) is 17.0 Å². The molecule has 6 nitrogen and oxygen atoms in total. The Bertz CT molecular complexity index is 488. The first-order valence-electron chi connectivity index (χ1n) is 6.39. The van der Waals surface area contributed by atoms with E-state index in [0.717, 1.165) is 6.20 Å². The fraction of sp³-hybridized carbons (Fsp3) is 0.462. The van der Waals surface area contributed by atoms with E-state index in [1.165, 1.54) is 12.1 Å².